The summed E-state index contributed by atoms with van der Waals surface area (Å²) in [6.07, 6.45) is 1.50. The first kappa shape index (κ1) is 23.7. The molecule has 0 spiro atoms. The van der Waals surface area contributed by atoms with E-state index in [1.54, 1.807) is 39.8 Å². The molecule has 7 heteroatoms. The number of halogens is 1. The maximum Gasteiger partial charge on any atom is 0.243 e. The van der Waals surface area contributed by atoms with Crippen molar-refractivity contribution in [3.8, 4) is 0 Å². The fourth-order valence-corrected chi connectivity index (χ4v) is 5.66. The second-order valence-electron chi connectivity index (χ2n) is 8.59. The van der Waals surface area contributed by atoms with Crippen LogP contribution in [-0.4, -0.2) is 29.8 Å². The van der Waals surface area contributed by atoms with Crippen molar-refractivity contribution in [2.24, 2.45) is 0 Å². The SMILES string of the molecule is CC(C)N(Cc1ccccc1)C(=O)Cn1cc(S(=O)(=O)Cc2ccccc2F)c2ccccc21. The number of nitrogens with zero attached hydrogens (tertiary/aromatic N) is 2. The van der Waals surface area contributed by atoms with Crippen molar-refractivity contribution in [1.29, 1.82) is 0 Å². The van der Waals surface area contributed by atoms with E-state index in [0.717, 1.165) is 5.56 Å². The number of fused-ring (bicyclic) bond motifs is 1. The Labute approximate surface area is 199 Å². The molecule has 4 rings (SSSR count). The Morgan fingerprint density at radius 3 is 2.29 bits per heavy atom. The molecule has 0 bridgehead atoms. The van der Waals surface area contributed by atoms with Gasteiger partial charge in [0.05, 0.1) is 10.6 Å². The zero-order valence-electron chi connectivity index (χ0n) is 19.2. The predicted molar refractivity (Wildman–Crippen MR) is 131 cm³/mol. The normalized spacial score (nSPS) is 11.8. The lowest BCUT2D eigenvalue weighted by atomic mass is 10.2. The minimum absolute atomic E-state index is 0.000739. The van der Waals surface area contributed by atoms with Gasteiger partial charge in [-0.25, -0.2) is 12.8 Å². The number of rotatable bonds is 8. The molecular weight excluding hydrogens is 451 g/mol. The van der Waals surface area contributed by atoms with Gasteiger partial charge in [0.2, 0.25) is 5.91 Å². The second kappa shape index (κ2) is 9.81. The lowest BCUT2D eigenvalue weighted by Gasteiger charge is -2.27. The summed E-state index contributed by atoms with van der Waals surface area (Å²) in [6.45, 7) is 4.38. The van der Waals surface area contributed by atoms with Gasteiger partial charge in [-0.2, -0.15) is 0 Å². The molecule has 176 valence electrons. The zero-order chi connectivity index (χ0) is 24.3. The molecule has 0 saturated heterocycles. The third-order valence-electron chi connectivity index (χ3n) is 5.84. The van der Waals surface area contributed by atoms with E-state index in [4.69, 9.17) is 0 Å². The van der Waals surface area contributed by atoms with Gasteiger partial charge in [0, 0.05) is 35.2 Å². The average Bonchev–Trinajstić information content (AvgIpc) is 3.19. The monoisotopic (exact) mass is 478 g/mol. The van der Waals surface area contributed by atoms with Crippen molar-refractivity contribution in [1.82, 2.24) is 9.47 Å². The van der Waals surface area contributed by atoms with Gasteiger partial charge >= 0.3 is 0 Å². The van der Waals surface area contributed by atoms with E-state index < -0.39 is 21.4 Å². The zero-order valence-corrected chi connectivity index (χ0v) is 20.0. The number of aromatic nitrogens is 1. The highest BCUT2D eigenvalue weighted by molar-refractivity contribution is 7.90. The summed E-state index contributed by atoms with van der Waals surface area (Å²) in [5, 5.41) is 0.519. The van der Waals surface area contributed by atoms with Crippen LogP contribution in [0.5, 0.6) is 0 Å². The number of amides is 1. The van der Waals surface area contributed by atoms with Crippen LogP contribution in [0.25, 0.3) is 10.9 Å². The summed E-state index contributed by atoms with van der Waals surface area (Å²) in [6, 6.07) is 22.7. The lowest BCUT2D eigenvalue weighted by molar-refractivity contribution is -0.134. The second-order valence-corrected chi connectivity index (χ2v) is 10.5. The molecule has 5 nitrogen and oxygen atoms in total. The van der Waals surface area contributed by atoms with E-state index in [2.05, 4.69) is 0 Å². The summed E-state index contributed by atoms with van der Waals surface area (Å²) in [4.78, 5) is 15.2. The fraction of sp³-hybridized carbons (Fsp3) is 0.222. The van der Waals surface area contributed by atoms with E-state index in [1.165, 1.54) is 24.4 Å². The van der Waals surface area contributed by atoms with Gasteiger partial charge in [-0.3, -0.25) is 4.79 Å². The topological polar surface area (TPSA) is 59.4 Å². The smallest absolute Gasteiger partial charge is 0.243 e. The van der Waals surface area contributed by atoms with E-state index in [1.807, 2.05) is 44.2 Å². The van der Waals surface area contributed by atoms with E-state index >= 15 is 0 Å². The van der Waals surface area contributed by atoms with Crippen molar-refractivity contribution in [2.45, 2.75) is 43.6 Å². The van der Waals surface area contributed by atoms with Crippen LogP contribution >= 0.6 is 0 Å². The van der Waals surface area contributed by atoms with Gasteiger partial charge in [0.1, 0.15) is 12.4 Å². The first-order valence-electron chi connectivity index (χ1n) is 11.1. The van der Waals surface area contributed by atoms with E-state index in [9.17, 15) is 17.6 Å². The third-order valence-corrected chi connectivity index (χ3v) is 7.52. The van der Waals surface area contributed by atoms with Crippen LogP contribution in [0.1, 0.15) is 25.0 Å². The summed E-state index contributed by atoms with van der Waals surface area (Å²) >= 11 is 0. The molecule has 1 amide bonds. The lowest BCUT2D eigenvalue weighted by Crippen LogP contribution is -2.38. The molecule has 0 unspecified atom stereocenters. The van der Waals surface area contributed by atoms with Crippen molar-refractivity contribution in [3.05, 3.63) is 102 Å². The summed E-state index contributed by atoms with van der Waals surface area (Å²) in [5.41, 5.74) is 1.78. The molecule has 0 fully saturated rings. The Kier molecular flexibility index (Phi) is 6.84. The van der Waals surface area contributed by atoms with Gasteiger partial charge < -0.3 is 9.47 Å². The maximum atomic E-state index is 14.2. The third kappa shape index (κ3) is 5.04. The first-order valence-corrected chi connectivity index (χ1v) is 12.8. The number of carbonyl (C=O) groups is 1. The molecule has 0 atom stereocenters. The van der Waals surface area contributed by atoms with E-state index in [-0.39, 0.29) is 29.0 Å². The van der Waals surface area contributed by atoms with E-state index in [0.29, 0.717) is 17.4 Å². The molecular formula is C27H27FN2O3S. The largest absolute Gasteiger partial charge is 0.337 e. The molecule has 0 saturated carbocycles. The quantitative estimate of drug-likeness (QED) is 0.350. The minimum Gasteiger partial charge on any atom is -0.337 e. The molecule has 0 aliphatic heterocycles. The Balaban J connectivity index is 1.66. The highest BCUT2D eigenvalue weighted by atomic mass is 32.2. The standard InChI is InChI=1S/C27H27FN2O3S/c1-20(2)30(16-21-10-4-3-5-11-21)27(31)18-29-17-26(23-13-7-9-15-25(23)29)34(32,33)19-22-12-6-8-14-24(22)28/h3-15,17,20H,16,18-19H2,1-2H3. The Morgan fingerprint density at radius 2 is 1.59 bits per heavy atom. The van der Waals surface area contributed by atoms with Crippen LogP contribution in [0.4, 0.5) is 4.39 Å². The molecule has 0 N–H and O–H groups in total. The predicted octanol–water partition coefficient (Wildman–Crippen LogP) is 5.19. The van der Waals surface area contributed by atoms with Crippen molar-refractivity contribution in [2.75, 3.05) is 0 Å². The molecule has 0 aliphatic carbocycles. The Morgan fingerprint density at radius 1 is 0.941 bits per heavy atom. The van der Waals surface area contributed by atoms with Crippen LogP contribution in [0, 0.1) is 5.82 Å². The van der Waals surface area contributed by atoms with Crippen LogP contribution in [0.15, 0.2) is 90.0 Å². The molecule has 0 aliphatic rings. The number of carbonyl (C=O) groups excluding carboxylic acids is 1. The van der Waals surface area contributed by atoms with Gasteiger partial charge in [-0.15, -0.1) is 0 Å². The Hall–Kier alpha value is -3.45. The van der Waals surface area contributed by atoms with Gasteiger partial charge in [0.15, 0.2) is 9.84 Å². The maximum absolute atomic E-state index is 14.2. The number of para-hydroxylation sites is 1. The van der Waals surface area contributed by atoms with Gasteiger partial charge in [0.25, 0.3) is 0 Å². The van der Waals surface area contributed by atoms with Crippen LogP contribution in [0.3, 0.4) is 0 Å². The minimum atomic E-state index is -3.85. The summed E-state index contributed by atoms with van der Waals surface area (Å²) in [7, 11) is -3.85. The summed E-state index contributed by atoms with van der Waals surface area (Å²) in [5.74, 6) is -1.12. The Bertz CT molecular complexity index is 1410. The highest BCUT2D eigenvalue weighted by Crippen LogP contribution is 2.29. The molecule has 1 heterocycles. The number of benzene rings is 3. The fourth-order valence-electron chi connectivity index (χ4n) is 4.07. The van der Waals surface area contributed by atoms with Crippen LogP contribution < -0.4 is 0 Å². The highest BCUT2D eigenvalue weighted by Gasteiger charge is 2.25. The summed E-state index contributed by atoms with van der Waals surface area (Å²) < 4.78 is 42.4. The number of hydrogen-bond donors (Lipinski definition) is 0. The van der Waals surface area contributed by atoms with Gasteiger partial charge in [-0.05, 0) is 31.5 Å². The van der Waals surface area contributed by atoms with Crippen molar-refractivity contribution >= 4 is 26.6 Å². The number of sulfone groups is 1. The van der Waals surface area contributed by atoms with Gasteiger partial charge in [-0.1, -0.05) is 66.7 Å². The van der Waals surface area contributed by atoms with Crippen molar-refractivity contribution in [3.63, 3.8) is 0 Å². The molecule has 3 aromatic carbocycles. The number of hydrogen-bond acceptors (Lipinski definition) is 3. The van der Waals surface area contributed by atoms with Crippen LogP contribution in [0.2, 0.25) is 0 Å². The van der Waals surface area contributed by atoms with Crippen LogP contribution in [-0.2, 0) is 33.5 Å². The molecule has 1 aromatic heterocycles. The molecule has 4 aromatic rings. The molecule has 0 radical (unpaired) electrons. The van der Waals surface area contributed by atoms with Crippen molar-refractivity contribution < 1.29 is 17.6 Å². The first-order chi connectivity index (χ1) is 16.3. The molecule has 34 heavy (non-hydrogen) atoms. The average molecular weight is 479 g/mol.